The fourth-order valence-electron chi connectivity index (χ4n) is 2.85. The molecule has 2 fully saturated rings. The summed E-state index contributed by atoms with van der Waals surface area (Å²) in [7, 11) is 0. The van der Waals surface area contributed by atoms with Crippen LogP contribution in [0.4, 0.5) is 13.2 Å². The molecule has 2 atom stereocenters. The van der Waals surface area contributed by atoms with E-state index in [4.69, 9.17) is 0 Å². The van der Waals surface area contributed by atoms with Gasteiger partial charge in [-0.25, -0.2) is 0 Å². The first-order valence-electron chi connectivity index (χ1n) is 7.23. The highest BCUT2D eigenvalue weighted by atomic mass is 19.4. The Bertz CT molecular complexity index is 332. The maximum absolute atomic E-state index is 12.6. The molecule has 7 heteroatoms. The highest BCUT2D eigenvalue weighted by molar-refractivity contribution is 5.82. The first-order valence-corrected chi connectivity index (χ1v) is 7.23. The van der Waals surface area contributed by atoms with Gasteiger partial charge in [-0.2, -0.15) is 13.2 Å². The van der Waals surface area contributed by atoms with Crippen LogP contribution in [0.2, 0.25) is 0 Å². The van der Waals surface area contributed by atoms with E-state index in [1.54, 1.807) is 4.90 Å². The molecule has 0 aromatic carbocycles. The van der Waals surface area contributed by atoms with Crippen LogP contribution in [0.3, 0.4) is 0 Å². The Kier molecular flexibility index (Phi) is 4.90. The normalized spacial score (nSPS) is 29.5. The second kappa shape index (κ2) is 6.30. The fourth-order valence-corrected chi connectivity index (χ4v) is 2.85. The molecule has 0 bridgehead atoms. The molecule has 2 unspecified atom stereocenters. The Labute approximate surface area is 117 Å². The second-order valence-electron chi connectivity index (χ2n) is 5.54. The van der Waals surface area contributed by atoms with Gasteiger partial charge in [0.05, 0.1) is 12.0 Å². The SMILES string of the molecule is CCN1CCN(C(=O)C2CCC(C(F)(F)F)CN2)CC1. The topological polar surface area (TPSA) is 35.6 Å². The van der Waals surface area contributed by atoms with Gasteiger partial charge >= 0.3 is 6.18 Å². The van der Waals surface area contributed by atoms with Crippen molar-refractivity contribution in [3.8, 4) is 0 Å². The van der Waals surface area contributed by atoms with Gasteiger partial charge in [0.25, 0.3) is 0 Å². The van der Waals surface area contributed by atoms with Crippen molar-refractivity contribution in [1.82, 2.24) is 15.1 Å². The molecule has 2 heterocycles. The molecule has 1 amide bonds. The zero-order chi connectivity index (χ0) is 14.8. The molecular weight excluding hydrogens is 271 g/mol. The Morgan fingerprint density at radius 1 is 1.20 bits per heavy atom. The molecule has 4 nitrogen and oxygen atoms in total. The minimum atomic E-state index is -4.16. The predicted molar refractivity (Wildman–Crippen MR) is 69.3 cm³/mol. The molecule has 20 heavy (non-hydrogen) atoms. The number of rotatable bonds is 2. The number of carbonyl (C=O) groups excluding carboxylic acids is 1. The molecule has 1 N–H and O–H groups in total. The number of piperidine rings is 1. The highest BCUT2D eigenvalue weighted by Gasteiger charge is 2.43. The molecule has 0 aromatic heterocycles. The number of halogens is 3. The summed E-state index contributed by atoms with van der Waals surface area (Å²) in [6.45, 7) is 5.95. The number of likely N-dealkylation sites (N-methyl/N-ethyl adjacent to an activating group) is 1. The van der Waals surface area contributed by atoms with E-state index in [1.807, 2.05) is 0 Å². The van der Waals surface area contributed by atoms with Gasteiger partial charge in [0.1, 0.15) is 0 Å². The Morgan fingerprint density at radius 2 is 1.85 bits per heavy atom. The van der Waals surface area contributed by atoms with Gasteiger partial charge in [0.15, 0.2) is 0 Å². The smallest absolute Gasteiger partial charge is 0.339 e. The summed E-state index contributed by atoms with van der Waals surface area (Å²) in [6.07, 6.45) is -3.84. The molecule has 0 aliphatic carbocycles. The molecule has 2 rings (SSSR count). The van der Waals surface area contributed by atoms with Gasteiger partial charge in [-0.15, -0.1) is 0 Å². The quantitative estimate of drug-likeness (QED) is 0.827. The van der Waals surface area contributed by atoms with Gasteiger partial charge < -0.3 is 15.1 Å². The summed E-state index contributed by atoms with van der Waals surface area (Å²) in [6, 6.07) is -0.443. The van der Waals surface area contributed by atoms with E-state index in [1.165, 1.54) is 0 Å². The lowest BCUT2D eigenvalue weighted by molar-refractivity contribution is -0.180. The number of piperazine rings is 1. The monoisotopic (exact) mass is 293 g/mol. The molecule has 2 saturated heterocycles. The third-order valence-corrected chi connectivity index (χ3v) is 4.31. The van der Waals surface area contributed by atoms with Crippen molar-refractivity contribution < 1.29 is 18.0 Å². The zero-order valence-electron chi connectivity index (χ0n) is 11.7. The number of amides is 1. The number of hydrogen-bond donors (Lipinski definition) is 1. The Morgan fingerprint density at radius 3 is 2.30 bits per heavy atom. The van der Waals surface area contributed by atoms with Crippen LogP contribution in [0.5, 0.6) is 0 Å². The van der Waals surface area contributed by atoms with Crippen molar-refractivity contribution in [2.75, 3.05) is 39.3 Å². The van der Waals surface area contributed by atoms with Gasteiger partial charge in [-0.05, 0) is 19.4 Å². The minimum absolute atomic E-state index is 0.0404. The van der Waals surface area contributed by atoms with Crippen LogP contribution in [0.25, 0.3) is 0 Å². The van der Waals surface area contributed by atoms with Gasteiger partial charge in [-0.1, -0.05) is 6.92 Å². The molecule has 2 aliphatic rings. The van der Waals surface area contributed by atoms with Crippen molar-refractivity contribution in [2.24, 2.45) is 5.92 Å². The number of carbonyl (C=O) groups is 1. The largest absolute Gasteiger partial charge is 0.393 e. The van der Waals surface area contributed by atoms with E-state index < -0.39 is 18.1 Å². The third kappa shape index (κ3) is 3.63. The molecule has 0 radical (unpaired) electrons. The Hall–Kier alpha value is -0.820. The summed E-state index contributed by atoms with van der Waals surface area (Å²) in [4.78, 5) is 16.3. The molecule has 2 aliphatic heterocycles. The minimum Gasteiger partial charge on any atom is -0.339 e. The van der Waals surface area contributed by atoms with Crippen LogP contribution in [-0.2, 0) is 4.79 Å². The molecule has 0 aromatic rings. The van der Waals surface area contributed by atoms with Crippen LogP contribution in [0.1, 0.15) is 19.8 Å². The van der Waals surface area contributed by atoms with Crippen LogP contribution >= 0.6 is 0 Å². The predicted octanol–water partition coefficient (Wildman–Crippen LogP) is 1.08. The van der Waals surface area contributed by atoms with Gasteiger partial charge in [-0.3, -0.25) is 4.79 Å². The lowest BCUT2D eigenvalue weighted by atomic mass is 9.93. The third-order valence-electron chi connectivity index (χ3n) is 4.31. The number of hydrogen-bond acceptors (Lipinski definition) is 3. The summed E-state index contributed by atoms with van der Waals surface area (Å²) in [5, 5.41) is 2.77. The number of nitrogens with one attached hydrogen (secondary N) is 1. The van der Waals surface area contributed by atoms with Crippen LogP contribution < -0.4 is 5.32 Å². The van der Waals surface area contributed by atoms with Crippen LogP contribution in [-0.4, -0.2) is 67.2 Å². The Balaban J connectivity index is 1.80. The average Bonchev–Trinajstić information content (AvgIpc) is 2.46. The van der Waals surface area contributed by atoms with Gasteiger partial charge in [0.2, 0.25) is 5.91 Å². The van der Waals surface area contributed by atoms with Crippen LogP contribution in [0.15, 0.2) is 0 Å². The summed E-state index contributed by atoms with van der Waals surface area (Å²) in [5.41, 5.74) is 0. The van der Waals surface area contributed by atoms with Crippen molar-refractivity contribution >= 4 is 5.91 Å². The number of alkyl halides is 3. The summed E-state index contributed by atoms with van der Waals surface area (Å²) in [5.74, 6) is -1.36. The summed E-state index contributed by atoms with van der Waals surface area (Å²) >= 11 is 0. The molecule has 0 saturated carbocycles. The van der Waals surface area contributed by atoms with Crippen LogP contribution in [0, 0.1) is 5.92 Å². The van der Waals surface area contributed by atoms with Crippen molar-refractivity contribution in [1.29, 1.82) is 0 Å². The van der Waals surface area contributed by atoms with E-state index in [0.29, 0.717) is 13.1 Å². The molecular formula is C13H22F3N3O. The standard InChI is InChI=1S/C13H22F3N3O/c1-2-18-5-7-19(8-6-18)12(20)11-4-3-10(9-17-11)13(14,15)16/h10-11,17H,2-9H2,1H3. The van der Waals surface area contributed by atoms with E-state index in [0.717, 1.165) is 19.6 Å². The maximum Gasteiger partial charge on any atom is 0.393 e. The van der Waals surface area contributed by atoms with Gasteiger partial charge in [0, 0.05) is 32.7 Å². The van der Waals surface area contributed by atoms with E-state index in [-0.39, 0.29) is 25.3 Å². The lowest BCUT2D eigenvalue weighted by Crippen LogP contribution is -2.56. The van der Waals surface area contributed by atoms with E-state index >= 15 is 0 Å². The second-order valence-corrected chi connectivity index (χ2v) is 5.54. The first kappa shape index (κ1) is 15.6. The van der Waals surface area contributed by atoms with Crippen molar-refractivity contribution in [3.05, 3.63) is 0 Å². The first-order chi connectivity index (χ1) is 9.41. The molecule has 116 valence electrons. The lowest BCUT2D eigenvalue weighted by Gasteiger charge is -2.38. The maximum atomic E-state index is 12.6. The average molecular weight is 293 g/mol. The molecule has 0 spiro atoms. The number of nitrogens with zero attached hydrogens (tertiary/aromatic N) is 2. The zero-order valence-corrected chi connectivity index (χ0v) is 11.7. The van der Waals surface area contributed by atoms with Crippen molar-refractivity contribution in [2.45, 2.75) is 32.0 Å². The summed E-state index contributed by atoms with van der Waals surface area (Å²) < 4.78 is 37.7. The van der Waals surface area contributed by atoms with E-state index in [2.05, 4.69) is 17.1 Å². The van der Waals surface area contributed by atoms with E-state index in [9.17, 15) is 18.0 Å². The highest BCUT2D eigenvalue weighted by Crippen LogP contribution is 2.32. The fraction of sp³-hybridized carbons (Fsp3) is 0.923. The van der Waals surface area contributed by atoms with Crippen molar-refractivity contribution in [3.63, 3.8) is 0 Å².